The van der Waals surface area contributed by atoms with E-state index in [-0.39, 0.29) is 11.5 Å². The number of hydrogen-bond acceptors (Lipinski definition) is 4. The lowest BCUT2D eigenvalue weighted by Crippen LogP contribution is -2.52. The molecule has 0 aromatic rings. The molecule has 0 aromatic carbocycles. The molecule has 2 aliphatic carbocycles. The largest absolute Gasteiger partial charge is 0.365 e. The standard InChI is InChI=1S/C16H24O4/c17-15-7-4-11-3-1-2-6-14(11,20-15)12-5-8-16(13(12)15)18-9-10-19-16/h11-13,17H,1-10H2/t11-,12+,13-,14-,15+/m1/s1. The Bertz CT molecular complexity index is 432. The van der Waals surface area contributed by atoms with Crippen LogP contribution < -0.4 is 0 Å². The van der Waals surface area contributed by atoms with Crippen LogP contribution in [0.2, 0.25) is 0 Å². The van der Waals surface area contributed by atoms with Crippen molar-refractivity contribution in [2.75, 3.05) is 13.2 Å². The minimum absolute atomic E-state index is 0.0283. The van der Waals surface area contributed by atoms with Crippen molar-refractivity contribution in [1.29, 1.82) is 0 Å². The maximum Gasteiger partial charge on any atom is 0.176 e. The third-order valence-corrected chi connectivity index (χ3v) is 6.85. The van der Waals surface area contributed by atoms with Crippen molar-refractivity contribution in [3.05, 3.63) is 0 Å². The third kappa shape index (κ3) is 1.28. The zero-order chi connectivity index (χ0) is 13.4. The molecule has 5 atom stereocenters. The Morgan fingerprint density at radius 1 is 0.900 bits per heavy atom. The van der Waals surface area contributed by atoms with E-state index in [0.717, 1.165) is 32.1 Å². The van der Waals surface area contributed by atoms with E-state index >= 15 is 0 Å². The van der Waals surface area contributed by atoms with E-state index in [4.69, 9.17) is 14.2 Å². The predicted molar refractivity (Wildman–Crippen MR) is 70.8 cm³/mol. The summed E-state index contributed by atoms with van der Waals surface area (Å²) < 4.78 is 18.4. The van der Waals surface area contributed by atoms with E-state index in [9.17, 15) is 5.11 Å². The van der Waals surface area contributed by atoms with E-state index in [1.54, 1.807) is 0 Å². The lowest BCUT2D eigenvalue weighted by Gasteiger charge is -2.48. The summed E-state index contributed by atoms with van der Waals surface area (Å²) in [5.74, 6) is -0.448. The zero-order valence-corrected chi connectivity index (χ0v) is 12.0. The van der Waals surface area contributed by atoms with Gasteiger partial charge < -0.3 is 19.3 Å². The van der Waals surface area contributed by atoms with Gasteiger partial charge in [0, 0.05) is 18.8 Å². The highest BCUT2D eigenvalue weighted by molar-refractivity contribution is 5.18. The molecule has 0 amide bonds. The van der Waals surface area contributed by atoms with Crippen LogP contribution in [0.4, 0.5) is 0 Å². The molecule has 2 bridgehead atoms. The topological polar surface area (TPSA) is 47.9 Å². The number of rotatable bonds is 0. The molecule has 0 aromatic heterocycles. The average molecular weight is 280 g/mol. The number of ether oxygens (including phenoxy) is 3. The van der Waals surface area contributed by atoms with Crippen molar-refractivity contribution in [3.8, 4) is 0 Å². The van der Waals surface area contributed by atoms with Crippen molar-refractivity contribution in [1.82, 2.24) is 0 Å². The fourth-order valence-corrected chi connectivity index (χ4v) is 6.27. The molecule has 2 spiro atoms. The van der Waals surface area contributed by atoms with Crippen LogP contribution in [0, 0.1) is 17.8 Å². The Balaban J connectivity index is 1.60. The summed E-state index contributed by atoms with van der Waals surface area (Å²) in [7, 11) is 0. The van der Waals surface area contributed by atoms with E-state index in [2.05, 4.69) is 0 Å². The molecule has 3 saturated heterocycles. The number of hydrogen-bond donors (Lipinski definition) is 1. The van der Waals surface area contributed by atoms with Crippen LogP contribution in [0.3, 0.4) is 0 Å². The van der Waals surface area contributed by atoms with Crippen LogP contribution in [0.1, 0.15) is 51.4 Å². The molecular formula is C16H24O4. The maximum atomic E-state index is 11.2. The SMILES string of the molecule is O[C@@]12CC[C@H]3CCCC[C@]3(O1)[C@H]1CCC3(OCCO3)[C@H]12. The summed E-state index contributed by atoms with van der Waals surface area (Å²) >= 11 is 0. The molecule has 112 valence electrons. The van der Waals surface area contributed by atoms with Gasteiger partial charge in [0.25, 0.3) is 0 Å². The van der Waals surface area contributed by atoms with E-state index in [1.807, 2.05) is 0 Å². The summed E-state index contributed by atoms with van der Waals surface area (Å²) in [6, 6.07) is 0. The highest BCUT2D eigenvalue weighted by Crippen LogP contribution is 2.68. The van der Waals surface area contributed by atoms with Gasteiger partial charge in [-0.15, -0.1) is 0 Å². The number of aliphatic hydroxyl groups is 1. The fraction of sp³-hybridized carbons (Fsp3) is 1.00. The van der Waals surface area contributed by atoms with Crippen molar-refractivity contribution in [2.45, 2.75) is 68.5 Å². The average Bonchev–Trinajstić information content (AvgIpc) is 3.11. The maximum absolute atomic E-state index is 11.2. The second-order valence-corrected chi connectivity index (χ2v) is 7.51. The van der Waals surface area contributed by atoms with Crippen LogP contribution in [-0.2, 0) is 14.2 Å². The quantitative estimate of drug-likeness (QED) is 0.739. The molecule has 2 saturated carbocycles. The Morgan fingerprint density at radius 2 is 1.75 bits per heavy atom. The molecule has 0 unspecified atom stereocenters. The van der Waals surface area contributed by atoms with Crippen molar-refractivity contribution >= 4 is 0 Å². The van der Waals surface area contributed by atoms with Crippen LogP contribution >= 0.6 is 0 Å². The Labute approximate surface area is 119 Å². The summed E-state index contributed by atoms with van der Waals surface area (Å²) in [5.41, 5.74) is -0.0747. The monoisotopic (exact) mass is 280 g/mol. The normalized spacial score (nSPS) is 56.0. The molecular weight excluding hydrogens is 256 g/mol. The van der Waals surface area contributed by atoms with Crippen LogP contribution in [0.15, 0.2) is 0 Å². The van der Waals surface area contributed by atoms with Crippen molar-refractivity contribution in [2.24, 2.45) is 17.8 Å². The third-order valence-electron chi connectivity index (χ3n) is 6.85. The van der Waals surface area contributed by atoms with Crippen LogP contribution in [0.25, 0.3) is 0 Å². The highest BCUT2D eigenvalue weighted by atomic mass is 16.7. The smallest absolute Gasteiger partial charge is 0.176 e. The van der Waals surface area contributed by atoms with Gasteiger partial charge in [-0.25, -0.2) is 0 Å². The first kappa shape index (κ1) is 12.4. The first-order valence-electron chi connectivity index (χ1n) is 8.39. The second kappa shape index (κ2) is 3.78. The number of fused-ring (bicyclic) bond motifs is 4. The lowest BCUT2D eigenvalue weighted by molar-refractivity contribution is -0.319. The molecule has 5 rings (SSSR count). The van der Waals surface area contributed by atoms with E-state index < -0.39 is 11.6 Å². The fourth-order valence-electron chi connectivity index (χ4n) is 6.27. The van der Waals surface area contributed by atoms with Crippen molar-refractivity contribution < 1.29 is 19.3 Å². The van der Waals surface area contributed by atoms with Gasteiger partial charge in [-0.3, -0.25) is 0 Å². The summed E-state index contributed by atoms with van der Waals surface area (Å²) in [6.45, 7) is 1.32. The van der Waals surface area contributed by atoms with Gasteiger partial charge >= 0.3 is 0 Å². The molecule has 4 nitrogen and oxygen atoms in total. The molecule has 0 radical (unpaired) electrons. The van der Waals surface area contributed by atoms with Gasteiger partial charge in [0.05, 0.1) is 24.7 Å². The Morgan fingerprint density at radius 3 is 2.60 bits per heavy atom. The molecule has 3 heterocycles. The second-order valence-electron chi connectivity index (χ2n) is 7.51. The van der Waals surface area contributed by atoms with Crippen LogP contribution in [0.5, 0.6) is 0 Å². The first-order valence-corrected chi connectivity index (χ1v) is 8.39. The van der Waals surface area contributed by atoms with E-state index in [0.29, 0.717) is 25.0 Å². The van der Waals surface area contributed by atoms with Gasteiger partial charge in [0.1, 0.15) is 0 Å². The Hall–Kier alpha value is -0.160. The van der Waals surface area contributed by atoms with Crippen molar-refractivity contribution in [3.63, 3.8) is 0 Å². The molecule has 20 heavy (non-hydrogen) atoms. The molecule has 5 fully saturated rings. The predicted octanol–water partition coefficient (Wildman–Crippen LogP) is 2.20. The van der Waals surface area contributed by atoms with Gasteiger partial charge in [0.2, 0.25) is 0 Å². The molecule has 4 heteroatoms. The molecule has 5 aliphatic rings. The minimum Gasteiger partial charge on any atom is -0.365 e. The van der Waals surface area contributed by atoms with Crippen LogP contribution in [-0.4, -0.2) is 35.5 Å². The van der Waals surface area contributed by atoms with Gasteiger partial charge in [-0.2, -0.15) is 0 Å². The molecule has 3 aliphatic heterocycles. The minimum atomic E-state index is -1.00. The summed E-state index contributed by atoms with van der Waals surface area (Å²) in [5, 5.41) is 11.2. The Kier molecular flexibility index (Phi) is 2.34. The highest BCUT2D eigenvalue weighted by Gasteiger charge is 2.75. The summed E-state index contributed by atoms with van der Waals surface area (Å²) in [6.07, 6.45) is 8.85. The zero-order valence-electron chi connectivity index (χ0n) is 12.0. The lowest BCUT2D eigenvalue weighted by atomic mass is 9.67. The summed E-state index contributed by atoms with van der Waals surface area (Å²) in [4.78, 5) is 0. The van der Waals surface area contributed by atoms with Gasteiger partial charge in [0.15, 0.2) is 11.6 Å². The van der Waals surface area contributed by atoms with Gasteiger partial charge in [-0.05, 0) is 31.6 Å². The first-order chi connectivity index (χ1) is 9.69. The van der Waals surface area contributed by atoms with Gasteiger partial charge in [-0.1, -0.05) is 12.8 Å². The van der Waals surface area contributed by atoms with E-state index in [1.165, 1.54) is 19.3 Å². The molecule has 1 N–H and O–H groups in total.